The molecule has 1 saturated carbocycles. The maximum absolute atomic E-state index is 12.2. The topological polar surface area (TPSA) is 76.8 Å². The molecule has 0 spiro atoms. The second-order valence-corrected chi connectivity index (χ2v) is 7.02. The van der Waals surface area contributed by atoms with Crippen LogP contribution in [0.4, 0.5) is 0 Å². The SMILES string of the molecule is O=C(NCc1cccc(OCCN2CCOCC2)c1)c1cc(C2CC2)on1. The minimum Gasteiger partial charge on any atom is -0.492 e. The van der Waals surface area contributed by atoms with E-state index in [-0.39, 0.29) is 5.91 Å². The van der Waals surface area contributed by atoms with E-state index in [2.05, 4.69) is 15.4 Å². The largest absolute Gasteiger partial charge is 0.492 e. The standard InChI is InChI=1S/C20H25N3O4/c24-20(18-13-19(27-22-18)16-4-5-16)21-14-15-2-1-3-17(12-15)26-11-8-23-6-9-25-10-7-23/h1-3,12-13,16H,4-11,14H2,(H,21,24). The third-order valence-electron chi connectivity index (χ3n) is 4.87. The maximum atomic E-state index is 12.2. The molecular formula is C20H25N3O4. The summed E-state index contributed by atoms with van der Waals surface area (Å²) in [5.41, 5.74) is 1.33. The van der Waals surface area contributed by atoms with Crippen LogP contribution in [0.1, 0.15) is 40.6 Å². The van der Waals surface area contributed by atoms with Crippen LogP contribution in [0, 0.1) is 0 Å². The summed E-state index contributed by atoms with van der Waals surface area (Å²) in [5, 5.41) is 6.75. The smallest absolute Gasteiger partial charge is 0.273 e. The molecule has 0 atom stereocenters. The molecule has 1 N–H and O–H groups in total. The molecule has 7 heteroatoms. The number of hydrogen-bond donors (Lipinski definition) is 1. The van der Waals surface area contributed by atoms with Crippen molar-refractivity contribution < 1.29 is 18.8 Å². The number of nitrogens with zero attached hydrogens (tertiary/aromatic N) is 2. The Morgan fingerprint density at radius 2 is 2.11 bits per heavy atom. The summed E-state index contributed by atoms with van der Waals surface area (Å²) in [7, 11) is 0. The second-order valence-electron chi connectivity index (χ2n) is 7.02. The van der Waals surface area contributed by atoms with Crippen molar-refractivity contribution in [3.8, 4) is 5.75 Å². The van der Waals surface area contributed by atoms with Crippen molar-refractivity contribution in [3.63, 3.8) is 0 Å². The first-order valence-electron chi connectivity index (χ1n) is 9.54. The fraction of sp³-hybridized carbons (Fsp3) is 0.500. The van der Waals surface area contributed by atoms with Gasteiger partial charge in [0.05, 0.1) is 13.2 Å². The summed E-state index contributed by atoms with van der Waals surface area (Å²) in [5.74, 6) is 1.86. The summed E-state index contributed by atoms with van der Waals surface area (Å²) in [6.45, 7) is 5.45. The summed E-state index contributed by atoms with van der Waals surface area (Å²) < 4.78 is 16.4. The van der Waals surface area contributed by atoms with E-state index in [9.17, 15) is 4.79 Å². The Labute approximate surface area is 158 Å². The molecule has 144 valence electrons. The Bertz CT molecular complexity index is 766. The molecule has 7 nitrogen and oxygen atoms in total. The van der Waals surface area contributed by atoms with Gasteiger partial charge < -0.3 is 19.3 Å². The summed E-state index contributed by atoms with van der Waals surface area (Å²) in [4.78, 5) is 14.6. The van der Waals surface area contributed by atoms with Crippen molar-refractivity contribution in [2.45, 2.75) is 25.3 Å². The molecule has 1 amide bonds. The lowest BCUT2D eigenvalue weighted by molar-refractivity contribution is 0.0322. The van der Waals surface area contributed by atoms with Crippen LogP contribution in [-0.2, 0) is 11.3 Å². The van der Waals surface area contributed by atoms with Gasteiger partial charge in [-0.2, -0.15) is 0 Å². The van der Waals surface area contributed by atoms with E-state index in [1.807, 2.05) is 24.3 Å². The number of morpholine rings is 1. The van der Waals surface area contributed by atoms with Gasteiger partial charge in [-0.25, -0.2) is 0 Å². The zero-order valence-electron chi connectivity index (χ0n) is 15.4. The number of benzene rings is 1. The summed E-state index contributed by atoms with van der Waals surface area (Å²) >= 11 is 0. The molecule has 0 unspecified atom stereocenters. The average Bonchev–Trinajstić information content (AvgIpc) is 3.44. The lowest BCUT2D eigenvalue weighted by Gasteiger charge is -2.26. The van der Waals surface area contributed by atoms with Crippen molar-refractivity contribution in [2.24, 2.45) is 0 Å². The van der Waals surface area contributed by atoms with Crippen LogP contribution in [0.5, 0.6) is 5.75 Å². The molecule has 1 aliphatic carbocycles. The van der Waals surface area contributed by atoms with Gasteiger partial charge in [-0.3, -0.25) is 9.69 Å². The molecule has 2 aromatic rings. The van der Waals surface area contributed by atoms with Crippen molar-refractivity contribution in [2.75, 3.05) is 39.5 Å². The second kappa shape index (κ2) is 8.54. The third-order valence-corrected chi connectivity index (χ3v) is 4.87. The highest BCUT2D eigenvalue weighted by molar-refractivity contribution is 5.92. The molecule has 0 bridgehead atoms. The fourth-order valence-electron chi connectivity index (χ4n) is 3.09. The lowest BCUT2D eigenvalue weighted by Crippen LogP contribution is -2.38. The first kappa shape index (κ1) is 18.0. The van der Waals surface area contributed by atoms with E-state index in [0.717, 1.165) is 62.8 Å². The van der Waals surface area contributed by atoms with E-state index in [1.165, 1.54) is 0 Å². The number of hydrogen-bond acceptors (Lipinski definition) is 6. The Kier molecular flexibility index (Phi) is 5.69. The monoisotopic (exact) mass is 371 g/mol. The Morgan fingerprint density at radius 3 is 2.93 bits per heavy atom. The molecule has 2 aliphatic rings. The van der Waals surface area contributed by atoms with Crippen LogP contribution in [-0.4, -0.2) is 55.4 Å². The molecule has 1 aromatic heterocycles. The van der Waals surface area contributed by atoms with Crippen LogP contribution < -0.4 is 10.1 Å². The van der Waals surface area contributed by atoms with E-state index >= 15 is 0 Å². The first-order chi connectivity index (χ1) is 13.3. The predicted molar refractivity (Wildman–Crippen MR) is 98.8 cm³/mol. The van der Waals surface area contributed by atoms with Crippen molar-refractivity contribution in [1.82, 2.24) is 15.4 Å². The predicted octanol–water partition coefficient (Wildman–Crippen LogP) is 2.19. The minimum atomic E-state index is -0.218. The van der Waals surface area contributed by atoms with Crippen LogP contribution in [0.25, 0.3) is 0 Å². The normalized spacial score (nSPS) is 17.6. The third kappa shape index (κ3) is 5.08. The number of amides is 1. The van der Waals surface area contributed by atoms with Crippen LogP contribution in [0.3, 0.4) is 0 Å². The lowest BCUT2D eigenvalue weighted by atomic mass is 10.2. The molecular weight excluding hydrogens is 346 g/mol. The van der Waals surface area contributed by atoms with E-state index in [1.54, 1.807) is 6.07 Å². The molecule has 1 aliphatic heterocycles. The fourth-order valence-corrected chi connectivity index (χ4v) is 3.09. The zero-order valence-corrected chi connectivity index (χ0v) is 15.4. The van der Waals surface area contributed by atoms with Gasteiger partial charge in [0.1, 0.15) is 18.1 Å². The number of ether oxygens (including phenoxy) is 2. The van der Waals surface area contributed by atoms with E-state index in [0.29, 0.717) is 24.8 Å². The molecule has 27 heavy (non-hydrogen) atoms. The average molecular weight is 371 g/mol. The highest BCUT2D eigenvalue weighted by Crippen LogP contribution is 2.40. The van der Waals surface area contributed by atoms with Gasteiger partial charge in [-0.1, -0.05) is 17.3 Å². The van der Waals surface area contributed by atoms with Gasteiger partial charge >= 0.3 is 0 Å². The van der Waals surface area contributed by atoms with E-state index in [4.69, 9.17) is 14.0 Å². The van der Waals surface area contributed by atoms with Gasteiger partial charge in [-0.05, 0) is 30.5 Å². The molecule has 1 aromatic carbocycles. The molecule has 0 radical (unpaired) electrons. The molecule has 2 heterocycles. The quantitative estimate of drug-likeness (QED) is 0.767. The summed E-state index contributed by atoms with van der Waals surface area (Å²) in [6, 6.07) is 9.54. The van der Waals surface area contributed by atoms with Crippen LogP contribution in [0.15, 0.2) is 34.9 Å². The molecule has 4 rings (SSSR count). The number of carbonyl (C=O) groups excluding carboxylic acids is 1. The number of rotatable bonds is 8. The molecule has 2 fully saturated rings. The van der Waals surface area contributed by atoms with Gasteiger partial charge in [0.25, 0.3) is 5.91 Å². The van der Waals surface area contributed by atoms with Crippen molar-refractivity contribution in [1.29, 1.82) is 0 Å². The Hall–Kier alpha value is -2.38. The Balaban J connectivity index is 1.23. The van der Waals surface area contributed by atoms with Gasteiger partial charge in [0.2, 0.25) is 0 Å². The molecule has 1 saturated heterocycles. The maximum Gasteiger partial charge on any atom is 0.273 e. The van der Waals surface area contributed by atoms with Crippen molar-refractivity contribution >= 4 is 5.91 Å². The highest BCUT2D eigenvalue weighted by Gasteiger charge is 2.28. The summed E-state index contributed by atoms with van der Waals surface area (Å²) in [6.07, 6.45) is 2.24. The minimum absolute atomic E-state index is 0.218. The zero-order chi connectivity index (χ0) is 18.5. The van der Waals surface area contributed by atoms with Gasteiger partial charge in [0, 0.05) is 38.2 Å². The van der Waals surface area contributed by atoms with Gasteiger partial charge in [-0.15, -0.1) is 0 Å². The van der Waals surface area contributed by atoms with Crippen LogP contribution in [0.2, 0.25) is 0 Å². The first-order valence-corrected chi connectivity index (χ1v) is 9.54. The van der Waals surface area contributed by atoms with Crippen LogP contribution >= 0.6 is 0 Å². The highest BCUT2D eigenvalue weighted by atomic mass is 16.5. The number of nitrogens with one attached hydrogen (secondary N) is 1. The van der Waals surface area contributed by atoms with Crippen molar-refractivity contribution in [3.05, 3.63) is 47.3 Å². The van der Waals surface area contributed by atoms with Gasteiger partial charge in [0.15, 0.2) is 5.69 Å². The Morgan fingerprint density at radius 1 is 1.26 bits per heavy atom. The number of aromatic nitrogens is 1. The van der Waals surface area contributed by atoms with E-state index < -0.39 is 0 Å². The number of carbonyl (C=O) groups is 1.